The minimum absolute atomic E-state index is 0.378. The van der Waals surface area contributed by atoms with E-state index in [0.29, 0.717) is 10.8 Å². The molecule has 1 atom stereocenters. The van der Waals surface area contributed by atoms with Crippen molar-refractivity contribution in [2.24, 2.45) is 0 Å². The summed E-state index contributed by atoms with van der Waals surface area (Å²) >= 11 is 3.79. The van der Waals surface area contributed by atoms with Gasteiger partial charge in [0.2, 0.25) is 0 Å². The summed E-state index contributed by atoms with van der Waals surface area (Å²) in [6.07, 6.45) is 8.36. The molecule has 0 amide bonds. The monoisotopic (exact) mass is 292 g/mol. The largest absolute Gasteiger partial charge is 0.309 e. The number of hydrogen-bond acceptors (Lipinski definition) is 4. The molecule has 0 saturated heterocycles. The number of rotatable bonds is 5. The van der Waals surface area contributed by atoms with Gasteiger partial charge in [-0.25, -0.2) is 0 Å². The second-order valence-electron chi connectivity index (χ2n) is 5.42. The van der Waals surface area contributed by atoms with Gasteiger partial charge < -0.3 is 5.32 Å². The highest BCUT2D eigenvalue weighted by Gasteiger charge is 2.35. The van der Waals surface area contributed by atoms with E-state index in [1.54, 1.807) is 11.3 Å². The second kappa shape index (κ2) is 5.43. The second-order valence-corrected chi connectivity index (χ2v) is 7.64. The molecule has 1 saturated carbocycles. The zero-order chi connectivity index (χ0) is 13.3. The van der Waals surface area contributed by atoms with E-state index in [0.717, 1.165) is 12.1 Å². The van der Waals surface area contributed by atoms with Gasteiger partial charge in [-0.05, 0) is 49.1 Å². The van der Waals surface area contributed by atoms with Crippen LogP contribution in [0.15, 0.2) is 23.7 Å². The maximum absolute atomic E-state index is 4.53. The predicted molar refractivity (Wildman–Crippen MR) is 86.1 cm³/mol. The van der Waals surface area contributed by atoms with Crippen LogP contribution in [0, 0.1) is 0 Å². The van der Waals surface area contributed by atoms with Crippen molar-refractivity contribution in [1.29, 1.82) is 0 Å². The molecule has 1 aliphatic carbocycles. The van der Waals surface area contributed by atoms with Gasteiger partial charge in [-0.2, -0.15) is 11.8 Å². The summed E-state index contributed by atoms with van der Waals surface area (Å²) in [6.45, 7) is 3.35. The van der Waals surface area contributed by atoms with Crippen LogP contribution in [-0.2, 0) is 0 Å². The highest BCUT2D eigenvalue weighted by Crippen LogP contribution is 2.42. The fraction of sp³-hybridized carbons (Fsp3) is 0.533. The number of aromatic nitrogens is 1. The molecule has 0 aliphatic heterocycles. The van der Waals surface area contributed by atoms with Crippen molar-refractivity contribution in [2.45, 2.75) is 37.0 Å². The third-order valence-corrected chi connectivity index (χ3v) is 6.52. The Morgan fingerprint density at radius 2 is 2.37 bits per heavy atom. The Morgan fingerprint density at radius 3 is 3.05 bits per heavy atom. The topological polar surface area (TPSA) is 24.9 Å². The molecular weight excluding hydrogens is 272 g/mol. The smallest absolute Gasteiger partial charge is 0.0809 e. The lowest BCUT2D eigenvalue weighted by molar-refractivity contribution is 0.334. The average Bonchev–Trinajstić information content (AvgIpc) is 2.84. The normalized spacial score (nSPS) is 19.3. The lowest BCUT2D eigenvalue weighted by Gasteiger charge is -2.41. The first kappa shape index (κ1) is 13.4. The van der Waals surface area contributed by atoms with Gasteiger partial charge in [0, 0.05) is 23.5 Å². The van der Waals surface area contributed by atoms with Crippen LogP contribution in [0.4, 0.5) is 0 Å². The van der Waals surface area contributed by atoms with Crippen LogP contribution in [-0.4, -0.2) is 22.5 Å². The molecule has 1 unspecified atom stereocenters. The fourth-order valence-electron chi connectivity index (χ4n) is 2.58. The van der Waals surface area contributed by atoms with Crippen LogP contribution in [0.25, 0.3) is 10.2 Å². The number of fused-ring (bicyclic) bond motifs is 1. The van der Waals surface area contributed by atoms with Crippen molar-refractivity contribution < 1.29 is 0 Å². The summed E-state index contributed by atoms with van der Waals surface area (Å²) in [6, 6.07) is 4.74. The van der Waals surface area contributed by atoms with Crippen molar-refractivity contribution in [2.75, 3.05) is 12.8 Å². The minimum atomic E-state index is 0.378. The highest BCUT2D eigenvalue weighted by atomic mass is 32.2. The van der Waals surface area contributed by atoms with Crippen LogP contribution in [0.3, 0.4) is 0 Å². The number of thioether (sulfide) groups is 1. The van der Waals surface area contributed by atoms with Gasteiger partial charge >= 0.3 is 0 Å². The van der Waals surface area contributed by atoms with Crippen LogP contribution < -0.4 is 5.32 Å². The first-order valence-electron chi connectivity index (χ1n) is 6.84. The van der Waals surface area contributed by atoms with E-state index in [2.05, 4.69) is 41.0 Å². The van der Waals surface area contributed by atoms with E-state index in [4.69, 9.17) is 0 Å². The Balaban J connectivity index is 1.67. The quantitative estimate of drug-likeness (QED) is 0.892. The molecule has 0 radical (unpaired) electrons. The third kappa shape index (κ3) is 2.67. The van der Waals surface area contributed by atoms with Gasteiger partial charge in [-0.1, -0.05) is 6.42 Å². The zero-order valence-corrected chi connectivity index (χ0v) is 13.1. The molecule has 0 bridgehead atoms. The molecule has 2 aromatic heterocycles. The van der Waals surface area contributed by atoms with Gasteiger partial charge in [0.15, 0.2) is 0 Å². The Hall–Kier alpha value is -0.580. The summed E-state index contributed by atoms with van der Waals surface area (Å²) in [5, 5.41) is 5.80. The number of nitrogens with zero attached hydrogens (tertiary/aromatic N) is 1. The highest BCUT2D eigenvalue weighted by molar-refractivity contribution is 8.00. The molecule has 2 nitrogen and oxygen atoms in total. The van der Waals surface area contributed by atoms with Crippen molar-refractivity contribution in [3.8, 4) is 0 Å². The minimum Gasteiger partial charge on any atom is -0.309 e. The molecule has 19 heavy (non-hydrogen) atoms. The number of hydrogen-bond donors (Lipinski definition) is 1. The molecule has 102 valence electrons. The summed E-state index contributed by atoms with van der Waals surface area (Å²) < 4.78 is 1.78. The van der Waals surface area contributed by atoms with E-state index in [-0.39, 0.29) is 0 Å². The number of nitrogens with one attached hydrogen (secondary N) is 1. The average molecular weight is 292 g/mol. The van der Waals surface area contributed by atoms with Crippen molar-refractivity contribution in [3.05, 3.63) is 29.3 Å². The molecule has 2 aromatic rings. The lowest BCUT2D eigenvalue weighted by Crippen LogP contribution is -2.44. The Labute approximate surface area is 123 Å². The molecule has 4 heteroatoms. The zero-order valence-electron chi connectivity index (χ0n) is 11.5. The third-order valence-electron chi connectivity index (χ3n) is 4.25. The maximum atomic E-state index is 4.53. The molecule has 3 rings (SSSR count). The van der Waals surface area contributed by atoms with E-state index < -0.39 is 0 Å². The standard InChI is InChI=1S/C15H20N2S2/c1-11(17-10-15(18-2)5-3-6-15)12-8-14-13(16-9-12)4-7-19-14/h4,7-9,11,17H,3,5-6,10H2,1-2H3. The summed E-state index contributed by atoms with van der Waals surface area (Å²) in [5.41, 5.74) is 2.41. The molecule has 0 spiro atoms. The van der Waals surface area contributed by atoms with Crippen molar-refractivity contribution in [1.82, 2.24) is 10.3 Å². The van der Waals surface area contributed by atoms with Crippen LogP contribution >= 0.6 is 23.1 Å². The molecule has 1 N–H and O–H groups in total. The van der Waals surface area contributed by atoms with Crippen molar-refractivity contribution in [3.63, 3.8) is 0 Å². The molecule has 2 heterocycles. The fourth-order valence-corrected chi connectivity index (χ4v) is 4.29. The summed E-state index contributed by atoms with van der Waals surface area (Å²) in [7, 11) is 0. The van der Waals surface area contributed by atoms with E-state index in [1.807, 2.05) is 18.0 Å². The van der Waals surface area contributed by atoms with Crippen LogP contribution in [0.1, 0.15) is 37.8 Å². The van der Waals surface area contributed by atoms with Crippen LogP contribution in [0.5, 0.6) is 0 Å². The molecule has 1 aliphatic rings. The number of thiophene rings is 1. The van der Waals surface area contributed by atoms with Gasteiger partial charge in [0.05, 0.1) is 10.2 Å². The lowest BCUT2D eigenvalue weighted by atomic mass is 9.84. The van der Waals surface area contributed by atoms with Gasteiger partial charge in [-0.15, -0.1) is 11.3 Å². The van der Waals surface area contributed by atoms with Crippen molar-refractivity contribution >= 4 is 33.3 Å². The maximum Gasteiger partial charge on any atom is 0.0809 e. The van der Waals surface area contributed by atoms with E-state index in [1.165, 1.54) is 29.5 Å². The first-order valence-corrected chi connectivity index (χ1v) is 8.95. The van der Waals surface area contributed by atoms with E-state index >= 15 is 0 Å². The SMILES string of the molecule is CSC1(CNC(C)c2cnc3ccsc3c2)CCC1. The number of pyridine rings is 1. The van der Waals surface area contributed by atoms with Gasteiger partial charge in [0.25, 0.3) is 0 Å². The van der Waals surface area contributed by atoms with Crippen LogP contribution in [0.2, 0.25) is 0 Å². The first-order chi connectivity index (χ1) is 9.22. The predicted octanol–water partition coefficient (Wildman–Crippen LogP) is 4.23. The summed E-state index contributed by atoms with van der Waals surface area (Å²) in [4.78, 5) is 4.53. The Morgan fingerprint density at radius 1 is 1.53 bits per heavy atom. The molecule has 0 aromatic carbocycles. The molecule has 1 fully saturated rings. The van der Waals surface area contributed by atoms with Gasteiger partial charge in [-0.3, -0.25) is 4.98 Å². The van der Waals surface area contributed by atoms with Gasteiger partial charge in [0.1, 0.15) is 0 Å². The summed E-state index contributed by atoms with van der Waals surface area (Å²) in [5.74, 6) is 0. The Bertz CT molecular complexity index is 555. The molecular formula is C15H20N2S2. The Kier molecular flexibility index (Phi) is 3.83. The van der Waals surface area contributed by atoms with E-state index in [9.17, 15) is 0 Å².